The molecule has 4 N–H and O–H groups in total. The van der Waals surface area contributed by atoms with Crippen LogP contribution in [0.2, 0.25) is 0 Å². The number of nitrogens with one attached hydrogen (secondary N) is 2. The van der Waals surface area contributed by atoms with Crippen LogP contribution in [0.5, 0.6) is 0 Å². The van der Waals surface area contributed by atoms with Gasteiger partial charge in [0.2, 0.25) is 15.9 Å². The van der Waals surface area contributed by atoms with Gasteiger partial charge in [-0.1, -0.05) is 19.4 Å². The minimum atomic E-state index is -3.34. The van der Waals surface area contributed by atoms with Crippen molar-refractivity contribution >= 4 is 39.7 Å². The Morgan fingerprint density at radius 1 is 1.29 bits per heavy atom. The third-order valence-corrected chi connectivity index (χ3v) is 5.67. The summed E-state index contributed by atoms with van der Waals surface area (Å²) in [5.41, 5.74) is 6.77. The Kier molecular flexibility index (Phi) is 7.99. The molecule has 136 valence electrons. The average Bonchev–Trinajstić information content (AvgIpc) is 2.95. The number of rotatable bonds is 7. The van der Waals surface area contributed by atoms with Gasteiger partial charge in [-0.3, -0.25) is 9.52 Å². The highest BCUT2D eigenvalue weighted by atomic mass is 35.5. The van der Waals surface area contributed by atoms with Gasteiger partial charge >= 0.3 is 0 Å². The van der Waals surface area contributed by atoms with Crippen molar-refractivity contribution in [3.05, 3.63) is 24.3 Å². The van der Waals surface area contributed by atoms with Crippen LogP contribution >= 0.6 is 12.4 Å². The zero-order valence-corrected chi connectivity index (χ0v) is 15.5. The molecule has 0 aliphatic heterocycles. The number of anilines is 2. The molecule has 1 aliphatic rings. The summed E-state index contributed by atoms with van der Waals surface area (Å²) in [4.78, 5) is 12.4. The fourth-order valence-electron chi connectivity index (χ4n) is 3.06. The number of benzene rings is 1. The van der Waals surface area contributed by atoms with Crippen LogP contribution in [-0.4, -0.2) is 26.6 Å². The highest BCUT2D eigenvalue weighted by Crippen LogP contribution is 2.32. The van der Waals surface area contributed by atoms with E-state index in [2.05, 4.69) is 10.0 Å². The third-order valence-electron chi connectivity index (χ3n) is 4.17. The highest BCUT2D eigenvalue weighted by molar-refractivity contribution is 7.92. The first-order chi connectivity index (χ1) is 10.9. The lowest BCUT2D eigenvalue weighted by molar-refractivity contribution is -0.120. The van der Waals surface area contributed by atoms with Crippen molar-refractivity contribution in [1.29, 1.82) is 0 Å². The van der Waals surface area contributed by atoms with Gasteiger partial charge in [-0.25, -0.2) is 8.42 Å². The van der Waals surface area contributed by atoms with E-state index in [0.717, 1.165) is 19.3 Å². The van der Waals surface area contributed by atoms with Crippen LogP contribution in [0.25, 0.3) is 0 Å². The van der Waals surface area contributed by atoms with Gasteiger partial charge in [-0.05, 0) is 49.9 Å². The van der Waals surface area contributed by atoms with Gasteiger partial charge in [0.25, 0.3) is 0 Å². The van der Waals surface area contributed by atoms with Crippen molar-refractivity contribution in [2.24, 2.45) is 17.6 Å². The number of nitrogens with two attached hydrogens (primary N) is 1. The Morgan fingerprint density at radius 3 is 2.67 bits per heavy atom. The second-order valence-electron chi connectivity index (χ2n) is 6.02. The normalized spacial score (nSPS) is 20.2. The summed E-state index contributed by atoms with van der Waals surface area (Å²) in [5.74, 6) is 0.220. The van der Waals surface area contributed by atoms with Crippen molar-refractivity contribution < 1.29 is 13.2 Å². The van der Waals surface area contributed by atoms with Gasteiger partial charge in [-0.15, -0.1) is 12.4 Å². The number of carbonyl (C=O) groups excluding carboxylic acids is 1. The summed E-state index contributed by atoms with van der Waals surface area (Å²) >= 11 is 0. The Balaban J connectivity index is 0.00000288. The van der Waals surface area contributed by atoms with Crippen molar-refractivity contribution in [3.8, 4) is 0 Å². The van der Waals surface area contributed by atoms with Gasteiger partial charge in [0.15, 0.2) is 0 Å². The number of carbonyl (C=O) groups is 1. The molecule has 0 heterocycles. The van der Waals surface area contributed by atoms with E-state index in [0.29, 0.717) is 24.3 Å². The summed E-state index contributed by atoms with van der Waals surface area (Å²) in [5, 5.41) is 2.88. The number of hydrogen-bond donors (Lipinski definition) is 3. The Hall–Kier alpha value is -1.31. The molecule has 1 aliphatic carbocycles. The van der Waals surface area contributed by atoms with Gasteiger partial charge in [0, 0.05) is 11.6 Å². The van der Waals surface area contributed by atoms with Crippen molar-refractivity contribution in [2.75, 3.05) is 22.3 Å². The second kappa shape index (κ2) is 9.25. The topological polar surface area (TPSA) is 101 Å². The average molecular weight is 376 g/mol. The summed E-state index contributed by atoms with van der Waals surface area (Å²) < 4.78 is 26.1. The summed E-state index contributed by atoms with van der Waals surface area (Å²) in [6, 6.07) is 6.77. The predicted molar refractivity (Wildman–Crippen MR) is 99.9 cm³/mol. The molecule has 0 bridgehead atoms. The molecule has 0 radical (unpaired) electrons. The Bertz CT molecular complexity index is 652. The fourth-order valence-corrected chi connectivity index (χ4v) is 4.18. The second-order valence-corrected chi connectivity index (χ2v) is 7.87. The molecule has 0 unspecified atom stereocenters. The lowest BCUT2D eigenvalue weighted by atomic mass is 9.95. The zero-order valence-electron chi connectivity index (χ0n) is 13.8. The van der Waals surface area contributed by atoms with Gasteiger partial charge in [0.05, 0.1) is 11.4 Å². The van der Waals surface area contributed by atoms with Crippen molar-refractivity contribution in [3.63, 3.8) is 0 Å². The molecular formula is C16H26ClN3O3S. The largest absolute Gasteiger partial charge is 0.330 e. The quantitative estimate of drug-likeness (QED) is 0.681. The molecule has 1 aromatic rings. The van der Waals surface area contributed by atoms with Gasteiger partial charge in [-0.2, -0.15) is 0 Å². The Morgan fingerprint density at radius 2 is 2.00 bits per heavy atom. The summed E-state index contributed by atoms with van der Waals surface area (Å²) in [6.45, 7) is 2.33. The number of amides is 1. The molecule has 2 atom stereocenters. The first kappa shape index (κ1) is 20.7. The third kappa shape index (κ3) is 5.65. The van der Waals surface area contributed by atoms with Crippen LogP contribution in [0.4, 0.5) is 11.4 Å². The van der Waals surface area contributed by atoms with E-state index in [1.807, 2.05) is 6.92 Å². The molecule has 0 spiro atoms. The molecule has 1 aromatic carbocycles. The standard InChI is InChI=1S/C16H25N3O3S.ClH/c1-2-9-23(21,22)19-14-7-4-6-13(10-14)18-16(20)15-8-3-5-12(15)11-17;/h4,6-7,10,12,15,19H,2-3,5,8-9,11,17H2,1H3,(H,18,20);1H/t12-,15-;/m1./s1. The monoisotopic (exact) mass is 375 g/mol. The SMILES string of the molecule is CCCS(=O)(=O)Nc1cccc(NC(=O)[C@@H]2CCC[C@@H]2CN)c1.Cl. The highest BCUT2D eigenvalue weighted by Gasteiger charge is 2.31. The van der Waals surface area contributed by atoms with Crippen LogP contribution in [-0.2, 0) is 14.8 Å². The van der Waals surface area contributed by atoms with Crippen LogP contribution in [0.1, 0.15) is 32.6 Å². The lowest BCUT2D eigenvalue weighted by Gasteiger charge is -2.17. The molecule has 0 aromatic heterocycles. The first-order valence-corrected chi connectivity index (χ1v) is 9.72. The maximum Gasteiger partial charge on any atom is 0.232 e. The molecule has 1 amide bonds. The smallest absolute Gasteiger partial charge is 0.232 e. The number of sulfonamides is 1. The van der Waals surface area contributed by atoms with Crippen LogP contribution in [0.3, 0.4) is 0 Å². The minimum Gasteiger partial charge on any atom is -0.330 e. The van der Waals surface area contributed by atoms with E-state index in [1.54, 1.807) is 24.3 Å². The first-order valence-electron chi connectivity index (χ1n) is 8.06. The summed E-state index contributed by atoms with van der Waals surface area (Å²) in [7, 11) is -3.34. The van der Waals surface area contributed by atoms with Gasteiger partial charge < -0.3 is 11.1 Å². The lowest BCUT2D eigenvalue weighted by Crippen LogP contribution is -2.29. The molecule has 1 fully saturated rings. The molecular weight excluding hydrogens is 350 g/mol. The maximum absolute atomic E-state index is 12.4. The predicted octanol–water partition coefficient (Wildman–Crippen LogP) is 2.57. The number of hydrogen-bond acceptors (Lipinski definition) is 4. The fraction of sp³-hybridized carbons (Fsp3) is 0.562. The molecule has 0 saturated heterocycles. The number of halogens is 1. The van der Waals surface area contributed by atoms with E-state index in [4.69, 9.17) is 5.73 Å². The van der Waals surface area contributed by atoms with Crippen molar-refractivity contribution in [1.82, 2.24) is 0 Å². The zero-order chi connectivity index (χ0) is 16.9. The molecule has 8 heteroatoms. The molecule has 1 saturated carbocycles. The van der Waals surface area contributed by atoms with Crippen LogP contribution in [0.15, 0.2) is 24.3 Å². The molecule has 2 rings (SSSR count). The van der Waals surface area contributed by atoms with E-state index < -0.39 is 10.0 Å². The molecule has 6 nitrogen and oxygen atoms in total. The summed E-state index contributed by atoms with van der Waals surface area (Å²) in [6.07, 6.45) is 3.42. The maximum atomic E-state index is 12.4. The molecule has 24 heavy (non-hydrogen) atoms. The van der Waals surface area contributed by atoms with Crippen LogP contribution < -0.4 is 15.8 Å². The van der Waals surface area contributed by atoms with E-state index in [9.17, 15) is 13.2 Å². The van der Waals surface area contributed by atoms with E-state index in [-0.39, 0.29) is 35.9 Å². The van der Waals surface area contributed by atoms with Crippen molar-refractivity contribution in [2.45, 2.75) is 32.6 Å². The van der Waals surface area contributed by atoms with E-state index in [1.165, 1.54) is 0 Å². The Labute approximate surface area is 150 Å². The van der Waals surface area contributed by atoms with E-state index >= 15 is 0 Å². The van der Waals surface area contributed by atoms with Gasteiger partial charge in [0.1, 0.15) is 0 Å². The minimum absolute atomic E-state index is 0. The van der Waals surface area contributed by atoms with Crippen LogP contribution in [0, 0.1) is 11.8 Å².